The first kappa shape index (κ1) is 18.2. The predicted molar refractivity (Wildman–Crippen MR) is 110 cm³/mol. The number of piperazine rings is 1. The van der Waals surface area contributed by atoms with Crippen molar-refractivity contribution in [1.82, 2.24) is 19.7 Å². The Labute approximate surface area is 165 Å². The molecule has 4 rings (SSSR count). The van der Waals surface area contributed by atoms with Gasteiger partial charge < -0.3 is 9.80 Å². The number of benzene rings is 1. The Morgan fingerprint density at radius 1 is 1.00 bits per heavy atom. The zero-order valence-electron chi connectivity index (χ0n) is 16.4. The topological polar surface area (TPSA) is 54.3 Å². The van der Waals surface area contributed by atoms with Gasteiger partial charge in [0.2, 0.25) is 0 Å². The molecule has 3 aromatic rings. The molecule has 0 radical (unpaired) electrons. The number of hydrogen-bond acceptors (Lipinski definition) is 4. The molecule has 1 aliphatic heterocycles. The van der Waals surface area contributed by atoms with Crippen molar-refractivity contribution in [2.45, 2.75) is 20.4 Å². The van der Waals surface area contributed by atoms with Crippen LogP contribution in [0, 0.1) is 13.8 Å². The highest BCUT2D eigenvalue weighted by Crippen LogP contribution is 2.15. The summed E-state index contributed by atoms with van der Waals surface area (Å²) in [5, 5.41) is 4.50. The third-order valence-corrected chi connectivity index (χ3v) is 5.18. The van der Waals surface area contributed by atoms with E-state index in [2.05, 4.69) is 28.0 Å². The zero-order valence-corrected chi connectivity index (χ0v) is 16.4. The zero-order chi connectivity index (χ0) is 19.5. The lowest BCUT2D eigenvalue weighted by atomic mass is 10.1. The van der Waals surface area contributed by atoms with Gasteiger partial charge in [0.05, 0.1) is 12.2 Å². The van der Waals surface area contributed by atoms with Crippen molar-refractivity contribution < 1.29 is 4.79 Å². The number of rotatable bonds is 4. The average molecular weight is 375 g/mol. The summed E-state index contributed by atoms with van der Waals surface area (Å²) < 4.78 is 1.99. The minimum absolute atomic E-state index is 0.0957. The van der Waals surface area contributed by atoms with Crippen LogP contribution in [0.25, 0.3) is 0 Å². The van der Waals surface area contributed by atoms with E-state index in [1.807, 2.05) is 59.0 Å². The van der Waals surface area contributed by atoms with Gasteiger partial charge in [0.1, 0.15) is 5.82 Å². The molecule has 0 atom stereocenters. The Kier molecular flexibility index (Phi) is 5.10. The molecule has 0 saturated carbocycles. The second kappa shape index (κ2) is 7.84. The molecular weight excluding hydrogens is 350 g/mol. The van der Waals surface area contributed by atoms with E-state index in [0.29, 0.717) is 13.1 Å². The van der Waals surface area contributed by atoms with Crippen molar-refractivity contribution in [1.29, 1.82) is 0 Å². The van der Waals surface area contributed by atoms with E-state index in [9.17, 15) is 4.79 Å². The van der Waals surface area contributed by atoms with Crippen LogP contribution < -0.4 is 4.90 Å². The molecule has 0 unspecified atom stereocenters. The molecule has 1 fully saturated rings. The number of amides is 1. The van der Waals surface area contributed by atoms with Crippen molar-refractivity contribution in [2.24, 2.45) is 0 Å². The third kappa shape index (κ3) is 3.91. The Morgan fingerprint density at radius 2 is 1.75 bits per heavy atom. The molecule has 3 heterocycles. The first-order valence-electron chi connectivity index (χ1n) is 9.65. The van der Waals surface area contributed by atoms with Crippen molar-refractivity contribution >= 4 is 11.7 Å². The lowest BCUT2D eigenvalue weighted by Gasteiger charge is -2.35. The number of aromatic nitrogens is 3. The minimum atomic E-state index is 0.0957. The second-order valence-electron chi connectivity index (χ2n) is 7.25. The van der Waals surface area contributed by atoms with E-state index >= 15 is 0 Å². The summed E-state index contributed by atoms with van der Waals surface area (Å²) in [6, 6.07) is 15.9. The molecule has 0 N–H and O–H groups in total. The number of nitrogens with zero attached hydrogens (tertiary/aromatic N) is 5. The van der Waals surface area contributed by atoms with E-state index in [1.165, 1.54) is 0 Å². The number of carbonyl (C=O) groups is 1. The van der Waals surface area contributed by atoms with Crippen LogP contribution >= 0.6 is 0 Å². The monoisotopic (exact) mass is 375 g/mol. The highest BCUT2D eigenvalue weighted by atomic mass is 16.2. The lowest BCUT2D eigenvalue weighted by molar-refractivity contribution is 0.0746. The minimum Gasteiger partial charge on any atom is -0.353 e. The van der Waals surface area contributed by atoms with Crippen LogP contribution in [0.1, 0.15) is 27.3 Å². The number of aryl methyl sites for hydroxylation is 2. The van der Waals surface area contributed by atoms with E-state index in [1.54, 1.807) is 6.20 Å². The molecule has 1 amide bonds. The maximum absolute atomic E-state index is 12.8. The number of hydrogen-bond donors (Lipinski definition) is 0. The van der Waals surface area contributed by atoms with Crippen LogP contribution in [0.5, 0.6) is 0 Å². The molecule has 6 nitrogen and oxygen atoms in total. The molecule has 28 heavy (non-hydrogen) atoms. The highest BCUT2D eigenvalue weighted by Gasteiger charge is 2.22. The summed E-state index contributed by atoms with van der Waals surface area (Å²) in [5.41, 5.74) is 4.05. The molecule has 1 aromatic carbocycles. The van der Waals surface area contributed by atoms with Crippen LogP contribution in [0.4, 0.5) is 5.82 Å². The summed E-state index contributed by atoms with van der Waals surface area (Å²) in [4.78, 5) is 21.4. The van der Waals surface area contributed by atoms with Gasteiger partial charge in [-0.1, -0.05) is 18.2 Å². The first-order chi connectivity index (χ1) is 13.6. The maximum Gasteiger partial charge on any atom is 0.253 e. The fourth-order valence-electron chi connectivity index (χ4n) is 3.62. The van der Waals surface area contributed by atoms with Crippen LogP contribution in [0.15, 0.2) is 54.7 Å². The van der Waals surface area contributed by atoms with Crippen LogP contribution in [0.2, 0.25) is 0 Å². The second-order valence-corrected chi connectivity index (χ2v) is 7.25. The number of pyridine rings is 1. The third-order valence-electron chi connectivity index (χ3n) is 5.18. The largest absolute Gasteiger partial charge is 0.353 e. The molecule has 2 aromatic heterocycles. The molecular formula is C22H25N5O. The predicted octanol–water partition coefficient (Wildman–Crippen LogP) is 2.91. The summed E-state index contributed by atoms with van der Waals surface area (Å²) >= 11 is 0. The molecule has 0 aliphatic carbocycles. The number of anilines is 1. The van der Waals surface area contributed by atoms with Crippen molar-refractivity contribution in [3.63, 3.8) is 0 Å². The Hall–Kier alpha value is -3.15. The van der Waals surface area contributed by atoms with Crippen LogP contribution in [-0.2, 0) is 6.54 Å². The van der Waals surface area contributed by atoms with E-state index in [0.717, 1.165) is 48.0 Å². The first-order valence-corrected chi connectivity index (χ1v) is 9.65. The molecule has 1 saturated heterocycles. The maximum atomic E-state index is 12.8. The van der Waals surface area contributed by atoms with Gasteiger partial charge in [-0.05, 0) is 49.7 Å². The SMILES string of the molecule is Cc1cc(C)n(Cc2ccc(C(=O)N3CCN(c4ccccn4)CC3)cc2)n1. The highest BCUT2D eigenvalue weighted by molar-refractivity contribution is 5.94. The van der Waals surface area contributed by atoms with Crippen LogP contribution in [0.3, 0.4) is 0 Å². The molecule has 0 spiro atoms. The van der Waals surface area contributed by atoms with Gasteiger partial charge in [-0.3, -0.25) is 9.48 Å². The van der Waals surface area contributed by atoms with Gasteiger partial charge in [0.25, 0.3) is 5.91 Å². The normalized spacial score (nSPS) is 14.4. The van der Waals surface area contributed by atoms with E-state index < -0.39 is 0 Å². The standard InChI is InChI=1S/C22H25N5O/c1-17-15-18(2)27(24-17)16-19-6-8-20(9-7-19)22(28)26-13-11-25(12-14-26)21-5-3-4-10-23-21/h3-10,15H,11-14,16H2,1-2H3. The average Bonchev–Trinajstić information content (AvgIpc) is 3.05. The molecule has 1 aliphatic rings. The van der Waals surface area contributed by atoms with Crippen LogP contribution in [-0.4, -0.2) is 51.8 Å². The van der Waals surface area contributed by atoms with E-state index in [-0.39, 0.29) is 5.91 Å². The Balaban J connectivity index is 1.37. The van der Waals surface area contributed by atoms with Crippen molar-refractivity contribution in [3.05, 3.63) is 77.2 Å². The van der Waals surface area contributed by atoms with Gasteiger partial charge in [-0.25, -0.2) is 4.98 Å². The van der Waals surface area contributed by atoms with Gasteiger partial charge in [0.15, 0.2) is 0 Å². The summed E-state index contributed by atoms with van der Waals surface area (Å²) in [5.74, 6) is 1.07. The molecule has 0 bridgehead atoms. The smallest absolute Gasteiger partial charge is 0.253 e. The quantitative estimate of drug-likeness (QED) is 0.704. The summed E-state index contributed by atoms with van der Waals surface area (Å²) in [7, 11) is 0. The number of carbonyl (C=O) groups excluding carboxylic acids is 1. The fourth-order valence-corrected chi connectivity index (χ4v) is 3.62. The van der Waals surface area contributed by atoms with Crippen molar-refractivity contribution in [2.75, 3.05) is 31.1 Å². The van der Waals surface area contributed by atoms with Crippen molar-refractivity contribution in [3.8, 4) is 0 Å². The Morgan fingerprint density at radius 3 is 2.36 bits per heavy atom. The van der Waals surface area contributed by atoms with Gasteiger partial charge in [-0.2, -0.15) is 5.10 Å². The Bertz CT molecular complexity index is 941. The lowest BCUT2D eigenvalue weighted by Crippen LogP contribution is -2.49. The van der Waals surface area contributed by atoms with E-state index in [4.69, 9.17) is 0 Å². The van der Waals surface area contributed by atoms with Gasteiger partial charge in [-0.15, -0.1) is 0 Å². The molecule has 6 heteroatoms. The fraction of sp³-hybridized carbons (Fsp3) is 0.318. The summed E-state index contributed by atoms with van der Waals surface area (Å²) in [6.07, 6.45) is 1.81. The van der Waals surface area contributed by atoms with Gasteiger partial charge >= 0.3 is 0 Å². The summed E-state index contributed by atoms with van der Waals surface area (Å²) in [6.45, 7) is 7.81. The molecule has 144 valence electrons. The van der Waals surface area contributed by atoms with Gasteiger partial charge in [0, 0.05) is 43.6 Å².